The summed E-state index contributed by atoms with van der Waals surface area (Å²) in [4.78, 5) is 6.03. The molecule has 1 aliphatic rings. The summed E-state index contributed by atoms with van der Waals surface area (Å²) in [5.41, 5.74) is 3.16. The second kappa shape index (κ2) is 9.46. The van der Waals surface area contributed by atoms with Gasteiger partial charge in [0.25, 0.3) is 0 Å². The van der Waals surface area contributed by atoms with Crippen LogP contribution in [0.15, 0.2) is 49.6 Å². The minimum atomic E-state index is -4.22. The van der Waals surface area contributed by atoms with Crippen molar-refractivity contribution in [3.05, 3.63) is 61.9 Å². The third-order valence-corrected chi connectivity index (χ3v) is 9.79. The Labute approximate surface area is 206 Å². The Hall–Kier alpha value is -1.40. The second-order valence-corrected chi connectivity index (χ2v) is 11.6. The van der Waals surface area contributed by atoms with Crippen molar-refractivity contribution in [3.63, 3.8) is 0 Å². The predicted molar refractivity (Wildman–Crippen MR) is 130 cm³/mol. The quantitative estimate of drug-likeness (QED) is 0.350. The number of halogens is 4. The summed E-state index contributed by atoms with van der Waals surface area (Å²) in [6.45, 7) is 3.19. The molecule has 5 nitrogen and oxygen atoms in total. The fraction of sp³-hybridized carbons (Fsp3) is 0.286. The Morgan fingerprint density at radius 3 is 2.38 bits per heavy atom. The fourth-order valence-corrected chi connectivity index (χ4v) is 7.36. The highest BCUT2D eigenvalue weighted by Gasteiger charge is 2.35. The van der Waals surface area contributed by atoms with Gasteiger partial charge in [0.2, 0.25) is 10.0 Å². The molecule has 3 aromatic rings. The van der Waals surface area contributed by atoms with Gasteiger partial charge in [0.15, 0.2) is 10.9 Å². The molecule has 1 aliphatic heterocycles. The summed E-state index contributed by atoms with van der Waals surface area (Å²) in [7, 11) is -4.22. The SMILES string of the molecule is CCc1ccc(-c2csc(N3CCN(S(=O)(=O)c4c(F)c(Br)cc(F)c4Br)CC3)n2)cc1. The number of thiazole rings is 1. The summed E-state index contributed by atoms with van der Waals surface area (Å²) in [5, 5.41) is 2.79. The minimum Gasteiger partial charge on any atom is -0.345 e. The topological polar surface area (TPSA) is 53.5 Å². The van der Waals surface area contributed by atoms with Crippen LogP contribution in [0, 0.1) is 11.6 Å². The van der Waals surface area contributed by atoms with Gasteiger partial charge in [0.05, 0.1) is 14.6 Å². The zero-order valence-corrected chi connectivity index (χ0v) is 21.8. The lowest BCUT2D eigenvalue weighted by molar-refractivity contribution is 0.381. The number of benzene rings is 2. The third kappa shape index (κ3) is 4.50. The zero-order valence-electron chi connectivity index (χ0n) is 17.0. The molecule has 4 rings (SSSR count). The van der Waals surface area contributed by atoms with Crippen molar-refractivity contribution >= 4 is 58.4 Å². The van der Waals surface area contributed by atoms with Crippen LogP contribution in [0.2, 0.25) is 0 Å². The number of aromatic nitrogens is 1. The molecule has 1 fully saturated rings. The number of hydrogen-bond donors (Lipinski definition) is 0. The van der Waals surface area contributed by atoms with Crippen LogP contribution in [-0.4, -0.2) is 43.9 Å². The van der Waals surface area contributed by atoms with Crippen LogP contribution in [0.3, 0.4) is 0 Å². The van der Waals surface area contributed by atoms with Crippen LogP contribution in [0.25, 0.3) is 11.3 Å². The van der Waals surface area contributed by atoms with E-state index in [4.69, 9.17) is 4.98 Å². The van der Waals surface area contributed by atoms with Gasteiger partial charge in [-0.2, -0.15) is 4.31 Å². The average molecular weight is 607 g/mol. The predicted octanol–water partition coefficient (Wildman–Crippen LogP) is 5.69. The maximum atomic E-state index is 14.6. The Bertz CT molecular complexity index is 1220. The van der Waals surface area contributed by atoms with E-state index >= 15 is 0 Å². The Morgan fingerprint density at radius 1 is 1.09 bits per heavy atom. The monoisotopic (exact) mass is 605 g/mol. The summed E-state index contributed by atoms with van der Waals surface area (Å²) in [6, 6.07) is 9.16. The van der Waals surface area contributed by atoms with Crippen molar-refractivity contribution in [1.29, 1.82) is 0 Å². The van der Waals surface area contributed by atoms with Gasteiger partial charge in [-0.05, 0) is 49.9 Å². The van der Waals surface area contributed by atoms with Crippen LogP contribution in [0.4, 0.5) is 13.9 Å². The fourth-order valence-electron chi connectivity index (χ4n) is 3.48. The first kappa shape index (κ1) is 23.7. The van der Waals surface area contributed by atoms with E-state index in [1.807, 2.05) is 22.4 Å². The molecule has 0 amide bonds. The number of aryl methyl sites for hydroxylation is 1. The first-order valence-corrected chi connectivity index (χ1v) is 13.8. The standard InChI is InChI=1S/C21H19Br2F2N3O2S2/c1-2-13-3-5-14(6-4-13)17-12-31-21(26-17)27-7-9-28(10-8-27)32(29,30)20-18(23)16(24)11-15(22)19(20)25/h3-6,11-12H,2,7-10H2,1H3. The molecule has 1 saturated heterocycles. The van der Waals surface area contributed by atoms with Crippen molar-refractivity contribution in [2.45, 2.75) is 18.2 Å². The number of sulfonamides is 1. The van der Waals surface area contributed by atoms with Crippen molar-refractivity contribution in [3.8, 4) is 11.3 Å². The van der Waals surface area contributed by atoms with Crippen molar-refractivity contribution in [2.24, 2.45) is 0 Å². The van der Waals surface area contributed by atoms with Gasteiger partial charge in [-0.3, -0.25) is 0 Å². The van der Waals surface area contributed by atoms with E-state index in [9.17, 15) is 17.2 Å². The molecule has 0 spiro atoms. The minimum absolute atomic E-state index is 0.141. The van der Waals surface area contributed by atoms with Crippen LogP contribution < -0.4 is 4.90 Å². The van der Waals surface area contributed by atoms with Crippen LogP contribution >= 0.6 is 43.2 Å². The molecule has 11 heteroatoms. The molecule has 32 heavy (non-hydrogen) atoms. The summed E-state index contributed by atoms with van der Waals surface area (Å²) >= 11 is 7.27. The molecular formula is C21H19Br2F2N3O2S2. The molecule has 2 aromatic carbocycles. The van der Waals surface area contributed by atoms with Gasteiger partial charge in [-0.15, -0.1) is 11.3 Å². The molecule has 0 N–H and O–H groups in total. The van der Waals surface area contributed by atoms with Gasteiger partial charge < -0.3 is 4.90 Å². The largest absolute Gasteiger partial charge is 0.345 e. The molecule has 170 valence electrons. The van der Waals surface area contributed by atoms with Crippen molar-refractivity contribution < 1.29 is 17.2 Å². The molecule has 0 atom stereocenters. The first-order chi connectivity index (χ1) is 15.2. The highest BCUT2D eigenvalue weighted by atomic mass is 79.9. The Kier molecular flexibility index (Phi) is 7.02. The van der Waals surface area contributed by atoms with Crippen LogP contribution in [-0.2, 0) is 16.4 Å². The van der Waals surface area contributed by atoms with E-state index < -0.39 is 31.0 Å². The summed E-state index contributed by atoms with van der Waals surface area (Å²) in [5.74, 6) is -1.86. The zero-order chi connectivity index (χ0) is 23.0. The molecule has 0 saturated carbocycles. The van der Waals surface area contributed by atoms with E-state index in [1.54, 1.807) is 0 Å². The van der Waals surface area contributed by atoms with Gasteiger partial charge in [-0.25, -0.2) is 22.2 Å². The highest BCUT2D eigenvalue weighted by Crippen LogP contribution is 2.35. The van der Waals surface area contributed by atoms with Gasteiger partial charge in [0, 0.05) is 37.1 Å². The molecule has 2 heterocycles. The van der Waals surface area contributed by atoms with E-state index in [2.05, 4.69) is 50.9 Å². The molecule has 0 radical (unpaired) electrons. The molecule has 0 aliphatic carbocycles. The smallest absolute Gasteiger partial charge is 0.247 e. The van der Waals surface area contributed by atoms with Crippen LogP contribution in [0.1, 0.15) is 12.5 Å². The molecular weight excluding hydrogens is 588 g/mol. The number of hydrogen-bond acceptors (Lipinski definition) is 5. The van der Waals surface area contributed by atoms with Crippen molar-refractivity contribution in [1.82, 2.24) is 9.29 Å². The second-order valence-electron chi connectivity index (χ2n) is 7.25. The van der Waals surface area contributed by atoms with Crippen molar-refractivity contribution in [2.75, 3.05) is 31.1 Å². The number of anilines is 1. The van der Waals surface area contributed by atoms with E-state index in [0.29, 0.717) is 13.1 Å². The lowest BCUT2D eigenvalue weighted by Crippen LogP contribution is -2.48. The normalized spacial score (nSPS) is 15.3. The Balaban J connectivity index is 1.50. The van der Waals surface area contributed by atoms with Gasteiger partial charge in [-0.1, -0.05) is 31.2 Å². The lowest BCUT2D eigenvalue weighted by atomic mass is 10.1. The highest BCUT2D eigenvalue weighted by molar-refractivity contribution is 9.11. The maximum Gasteiger partial charge on any atom is 0.247 e. The summed E-state index contributed by atoms with van der Waals surface area (Å²) in [6.07, 6.45) is 0.975. The third-order valence-electron chi connectivity index (χ3n) is 5.33. The number of piperazine rings is 1. The van der Waals surface area contributed by atoms with Crippen LogP contribution in [0.5, 0.6) is 0 Å². The van der Waals surface area contributed by atoms with Gasteiger partial charge >= 0.3 is 0 Å². The van der Waals surface area contributed by atoms with E-state index in [1.165, 1.54) is 21.2 Å². The molecule has 1 aromatic heterocycles. The lowest BCUT2D eigenvalue weighted by Gasteiger charge is -2.34. The van der Waals surface area contributed by atoms with E-state index in [-0.39, 0.29) is 17.6 Å². The number of nitrogens with zero attached hydrogens (tertiary/aromatic N) is 3. The first-order valence-electron chi connectivity index (χ1n) is 9.85. The molecule has 0 unspecified atom stereocenters. The molecule has 0 bridgehead atoms. The summed E-state index contributed by atoms with van der Waals surface area (Å²) < 4.78 is 55.3. The van der Waals surface area contributed by atoms with E-state index in [0.717, 1.165) is 28.9 Å². The average Bonchev–Trinajstić information content (AvgIpc) is 3.28. The van der Waals surface area contributed by atoms with Gasteiger partial charge in [0.1, 0.15) is 10.7 Å². The maximum absolute atomic E-state index is 14.6. The Morgan fingerprint density at radius 2 is 1.75 bits per heavy atom. The number of rotatable bonds is 5.